The van der Waals surface area contributed by atoms with E-state index in [9.17, 15) is 22.4 Å². The minimum absolute atomic E-state index is 0.0739. The lowest BCUT2D eigenvalue weighted by Crippen LogP contribution is -2.18. The Kier molecular flexibility index (Phi) is 5.77. The van der Waals surface area contributed by atoms with Gasteiger partial charge in [-0.2, -0.15) is 0 Å². The Labute approximate surface area is 186 Å². The number of nitrogens with one attached hydrogen (secondary N) is 3. The third-order valence-electron chi connectivity index (χ3n) is 4.80. The van der Waals surface area contributed by atoms with Crippen molar-refractivity contribution in [2.75, 3.05) is 10.5 Å². The van der Waals surface area contributed by atoms with Crippen LogP contribution in [0.25, 0.3) is 22.3 Å². The minimum Gasteiger partial charge on any atom is -0.345 e. The second-order valence-electron chi connectivity index (χ2n) is 7.15. The Bertz CT molecular complexity index is 1530. The molecule has 4 rings (SSSR count). The summed E-state index contributed by atoms with van der Waals surface area (Å²) in [6, 6.07) is 3.28. The number of hydrogen-bond donors (Lipinski definition) is 3. The molecule has 0 spiro atoms. The van der Waals surface area contributed by atoms with Crippen molar-refractivity contribution < 1.29 is 22.0 Å². The normalized spacial score (nSPS) is 11.6. The predicted molar refractivity (Wildman–Crippen MR) is 117 cm³/mol. The molecule has 33 heavy (non-hydrogen) atoms. The molecule has 170 valence electrons. The summed E-state index contributed by atoms with van der Waals surface area (Å²) >= 11 is 0. The number of nitrogens with zero attached hydrogens (tertiary/aromatic N) is 2. The summed E-state index contributed by atoms with van der Waals surface area (Å²) < 4.78 is 55.7. The fourth-order valence-electron chi connectivity index (χ4n) is 3.29. The van der Waals surface area contributed by atoms with Crippen molar-refractivity contribution in [2.45, 2.75) is 13.3 Å². The van der Waals surface area contributed by atoms with Crippen LogP contribution in [0.2, 0.25) is 0 Å². The van der Waals surface area contributed by atoms with E-state index in [1.165, 1.54) is 24.7 Å². The number of fused-ring (bicyclic) bond motifs is 1. The van der Waals surface area contributed by atoms with Crippen molar-refractivity contribution in [2.24, 2.45) is 0 Å². The molecule has 0 saturated carbocycles. The van der Waals surface area contributed by atoms with Crippen LogP contribution in [0, 0.1) is 11.6 Å². The average Bonchev–Trinajstić information content (AvgIpc) is 3.19. The maximum atomic E-state index is 15.1. The Balaban J connectivity index is 1.79. The highest BCUT2D eigenvalue weighted by Gasteiger charge is 2.26. The number of hydrogen-bond acceptors (Lipinski definition) is 6. The molecule has 0 atom stereocenters. The molecule has 3 N–H and O–H groups in total. The zero-order valence-corrected chi connectivity index (χ0v) is 18.0. The third kappa shape index (κ3) is 4.37. The smallest absolute Gasteiger partial charge is 0.266 e. The molecule has 0 aliphatic rings. The van der Waals surface area contributed by atoms with E-state index in [0.29, 0.717) is 17.7 Å². The molecular weight excluding hydrogens is 456 g/mol. The van der Waals surface area contributed by atoms with E-state index in [1.807, 2.05) is 4.72 Å². The highest BCUT2D eigenvalue weighted by Crippen LogP contribution is 2.29. The first-order chi connectivity index (χ1) is 15.7. The van der Waals surface area contributed by atoms with Gasteiger partial charge in [-0.1, -0.05) is 6.92 Å². The number of benzene rings is 1. The Morgan fingerprint density at radius 2 is 1.91 bits per heavy atom. The first kappa shape index (κ1) is 22.3. The van der Waals surface area contributed by atoms with Crippen molar-refractivity contribution in [3.63, 3.8) is 0 Å². The highest BCUT2D eigenvalue weighted by molar-refractivity contribution is 7.92. The van der Waals surface area contributed by atoms with Crippen molar-refractivity contribution in [1.29, 1.82) is 0 Å². The van der Waals surface area contributed by atoms with Gasteiger partial charge < -0.3 is 9.97 Å². The zero-order chi connectivity index (χ0) is 23.8. The second-order valence-corrected chi connectivity index (χ2v) is 8.99. The molecule has 4 aromatic rings. The number of rotatable bonds is 7. The maximum absolute atomic E-state index is 15.1. The third-order valence-corrected chi connectivity index (χ3v) is 6.28. The van der Waals surface area contributed by atoms with Crippen LogP contribution < -0.4 is 10.3 Å². The van der Waals surface area contributed by atoms with Gasteiger partial charge in [0.05, 0.1) is 28.9 Å². The standard InChI is InChI=1S/C21H17F2N5O4S/c1-2-5-33(31,32)28-15-4-3-14(22)18(19(15)23)20(30)13-8-27-21-12(13)6-11(7-26-21)16-9-25-17(29)10-24-16/h3-4,6-10,28H,2,5H2,1H3,(H,25,29)(H,26,27). The summed E-state index contributed by atoms with van der Waals surface area (Å²) in [5, 5.41) is 0.265. The fourth-order valence-corrected chi connectivity index (χ4v) is 4.43. The van der Waals surface area contributed by atoms with E-state index < -0.39 is 44.3 Å². The van der Waals surface area contributed by atoms with E-state index in [4.69, 9.17) is 0 Å². The topological polar surface area (TPSA) is 138 Å². The lowest BCUT2D eigenvalue weighted by Gasteiger charge is -2.11. The lowest BCUT2D eigenvalue weighted by molar-refractivity contribution is 0.103. The SMILES string of the molecule is CCCS(=O)(=O)Nc1ccc(F)c(C(=O)c2c[nH]c3ncc(-c4c[nH]c(=O)cn4)cc23)c1F. The number of pyridine rings is 1. The van der Waals surface area contributed by atoms with Crippen LogP contribution >= 0.6 is 0 Å². The second kappa shape index (κ2) is 8.54. The Hall–Kier alpha value is -3.93. The van der Waals surface area contributed by atoms with E-state index in [1.54, 1.807) is 6.92 Å². The first-order valence-electron chi connectivity index (χ1n) is 9.75. The minimum atomic E-state index is -3.86. The molecule has 0 amide bonds. The molecule has 1 aromatic carbocycles. The van der Waals surface area contributed by atoms with E-state index in [2.05, 4.69) is 19.9 Å². The van der Waals surface area contributed by atoms with Gasteiger partial charge in [0.2, 0.25) is 15.8 Å². The molecule has 0 unspecified atom stereocenters. The zero-order valence-electron chi connectivity index (χ0n) is 17.1. The summed E-state index contributed by atoms with van der Waals surface area (Å²) in [5.74, 6) is -3.72. The molecule has 0 aliphatic carbocycles. The molecule has 12 heteroatoms. The molecule has 0 radical (unpaired) electrons. The van der Waals surface area contributed by atoms with Crippen LogP contribution in [0.15, 0.2) is 47.8 Å². The van der Waals surface area contributed by atoms with Crippen LogP contribution in [0.4, 0.5) is 14.5 Å². The van der Waals surface area contributed by atoms with Gasteiger partial charge in [0.1, 0.15) is 11.5 Å². The van der Waals surface area contributed by atoms with Gasteiger partial charge in [0.15, 0.2) is 5.82 Å². The van der Waals surface area contributed by atoms with E-state index in [-0.39, 0.29) is 22.3 Å². The summed E-state index contributed by atoms with van der Waals surface area (Å²) in [6.45, 7) is 1.64. The Morgan fingerprint density at radius 1 is 1.12 bits per heavy atom. The molecule has 3 aromatic heterocycles. The van der Waals surface area contributed by atoms with Gasteiger partial charge >= 0.3 is 0 Å². The summed E-state index contributed by atoms with van der Waals surface area (Å²) in [7, 11) is -3.86. The lowest BCUT2D eigenvalue weighted by atomic mass is 10.0. The molecule has 0 fully saturated rings. The number of sulfonamides is 1. The molecule has 0 bridgehead atoms. The van der Waals surface area contributed by atoms with E-state index >= 15 is 4.39 Å². The summed E-state index contributed by atoms with van der Waals surface area (Å²) in [4.78, 5) is 37.8. The van der Waals surface area contributed by atoms with Crippen molar-refractivity contribution in [3.05, 3.63) is 76.1 Å². The van der Waals surface area contributed by atoms with Crippen LogP contribution in [-0.4, -0.2) is 39.9 Å². The van der Waals surface area contributed by atoms with E-state index in [0.717, 1.165) is 18.3 Å². The van der Waals surface area contributed by atoms with Crippen LogP contribution in [0.3, 0.4) is 0 Å². The van der Waals surface area contributed by atoms with Crippen molar-refractivity contribution >= 4 is 32.5 Å². The van der Waals surface area contributed by atoms with Gasteiger partial charge in [-0.15, -0.1) is 0 Å². The first-order valence-corrected chi connectivity index (χ1v) is 11.4. The van der Waals surface area contributed by atoms with Crippen LogP contribution in [-0.2, 0) is 10.0 Å². The van der Waals surface area contributed by atoms with Crippen molar-refractivity contribution in [3.8, 4) is 11.3 Å². The van der Waals surface area contributed by atoms with Crippen LogP contribution in [0.1, 0.15) is 29.3 Å². The van der Waals surface area contributed by atoms with Gasteiger partial charge in [0, 0.05) is 35.1 Å². The summed E-state index contributed by atoms with van der Waals surface area (Å²) in [5.41, 5.74) is -0.792. The van der Waals surface area contributed by atoms with Crippen LogP contribution in [0.5, 0.6) is 0 Å². The van der Waals surface area contributed by atoms with Gasteiger partial charge in [-0.3, -0.25) is 14.3 Å². The number of carbonyl (C=O) groups is 1. The van der Waals surface area contributed by atoms with Gasteiger partial charge in [-0.25, -0.2) is 27.2 Å². The monoisotopic (exact) mass is 473 g/mol. The fraction of sp³-hybridized carbons (Fsp3) is 0.143. The quantitative estimate of drug-likeness (QED) is 0.353. The highest BCUT2D eigenvalue weighted by atomic mass is 32.2. The number of halogens is 2. The largest absolute Gasteiger partial charge is 0.345 e. The van der Waals surface area contributed by atoms with Gasteiger partial charge in [-0.05, 0) is 24.6 Å². The van der Waals surface area contributed by atoms with Crippen molar-refractivity contribution in [1.82, 2.24) is 19.9 Å². The molecule has 0 saturated heterocycles. The number of anilines is 1. The Morgan fingerprint density at radius 3 is 2.61 bits per heavy atom. The average molecular weight is 473 g/mol. The molecule has 0 aliphatic heterocycles. The number of aromatic nitrogens is 4. The number of aromatic amines is 2. The molecular formula is C21H17F2N5O4S. The number of ketones is 1. The predicted octanol–water partition coefficient (Wildman–Crippen LogP) is 2.97. The molecule has 3 heterocycles. The summed E-state index contributed by atoms with van der Waals surface area (Å²) in [6.07, 6.45) is 5.46. The number of carbonyl (C=O) groups excluding carboxylic acids is 1. The van der Waals surface area contributed by atoms with Gasteiger partial charge in [0.25, 0.3) is 5.56 Å². The maximum Gasteiger partial charge on any atom is 0.266 e. The molecule has 9 nitrogen and oxygen atoms in total. The number of H-pyrrole nitrogens is 2.